The molecule has 3 nitrogen and oxygen atoms in total. The Bertz CT molecular complexity index is 405. The van der Waals surface area contributed by atoms with Gasteiger partial charge in [0.05, 0.1) is 7.11 Å². The summed E-state index contributed by atoms with van der Waals surface area (Å²) < 4.78 is 5.10. The van der Waals surface area contributed by atoms with E-state index in [-0.39, 0.29) is 5.75 Å². The highest BCUT2D eigenvalue weighted by atomic mass is 35.5. The molecule has 108 valence electrons. The van der Waals surface area contributed by atoms with Crippen LogP contribution < -0.4 is 10.1 Å². The van der Waals surface area contributed by atoms with Crippen LogP contribution in [0.5, 0.6) is 11.5 Å². The fraction of sp³-hybridized carbons (Fsp3) is 0.600. The molecule has 0 bridgehead atoms. The first-order valence-corrected chi connectivity index (χ1v) is 7.19. The van der Waals surface area contributed by atoms with Crippen LogP contribution in [0.4, 0.5) is 0 Å². The van der Waals surface area contributed by atoms with E-state index in [1.165, 1.54) is 7.11 Å². The Morgan fingerprint density at radius 3 is 2.47 bits per heavy atom. The first kappa shape index (κ1) is 16.1. The minimum atomic E-state index is 0.163. The lowest BCUT2D eigenvalue weighted by molar-refractivity contribution is 0.345. The Morgan fingerprint density at radius 1 is 1.32 bits per heavy atom. The first-order valence-electron chi connectivity index (χ1n) is 6.82. The number of phenolic OH excluding ortho intramolecular Hbond substituents is 1. The SMILES string of the molecule is CCC(CC)C(C)NCc1cc(Cl)cc(OC)c1O. The lowest BCUT2D eigenvalue weighted by atomic mass is 9.95. The second-order valence-corrected chi connectivity index (χ2v) is 5.30. The first-order chi connectivity index (χ1) is 9.03. The lowest BCUT2D eigenvalue weighted by Crippen LogP contribution is -2.32. The van der Waals surface area contributed by atoms with Crippen LogP contribution in [0.25, 0.3) is 0 Å². The summed E-state index contributed by atoms with van der Waals surface area (Å²) in [4.78, 5) is 0. The topological polar surface area (TPSA) is 41.5 Å². The molecule has 0 saturated heterocycles. The number of rotatable bonds is 7. The van der Waals surface area contributed by atoms with Crippen molar-refractivity contribution in [2.75, 3.05) is 7.11 Å². The molecule has 0 fully saturated rings. The number of methoxy groups -OCH3 is 1. The van der Waals surface area contributed by atoms with Crippen LogP contribution in [0.3, 0.4) is 0 Å². The van der Waals surface area contributed by atoms with Crippen LogP contribution in [0, 0.1) is 5.92 Å². The van der Waals surface area contributed by atoms with E-state index in [9.17, 15) is 5.11 Å². The molecule has 0 aromatic heterocycles. The minimum Gasteiger partial charge on any atom is -0.504 e. The highest BCUT2D eigenvalue weighted by molar-refractivity contribution is 6.30. The highest BCUT2D eigenvalue weighted by Gasteiger charge is 2.15. The average Bonchev–Trinajstić information content (AvgIpc) is 2.40. The summed E-state index contributed by atoms with van der Waals surface area (Å²) >= 11 is 6.01. The Morgan fingerprint density at radius 2 is 1.95 bits per heavy atom. The molecular formula is C15H24ClNO2. The van der Waals surface area contributed by atoms with Gasteiger partial charge in [-0.05, 0) is 18.9 Å². The van der Waals surface area contributed by atoms with Gasteiger partial charge in [0.25, 0.3) is 0 Å². The Hall–Kier alpha value is -0.930. The maximum Gasteiger partial charge on any atom is 0.162 e. The van der Waals surface area contributed by atoms with Gasteiger partial charge in [-0.25, -0.2) is 0 Å². The molecule has 1 aromatic carbocycles. The zero-order valence-corrected chi connectivity index (χ0v) is 12.9. The van der Waals surface area contributed by atoms with E-state index in [1.54, 1.807) is 12.1 Å². The van der Waals surface area contributed by atoms with Gasteiger partial charge >= 0.3 is 0 Å². The van der Waals surface area contributed by atoms with E-state index in [1.807, 2.05) is 0 Å². The monoisotopic (exact) mass is 285 g/mol. The molecule has 0 heterocycles. The summed E-state index contributed by atoms with van der Waals surface area (Å²) in [6, 6.07) is 3.79. The molecule has 0 radical (unpaired) electrons. The van der Waals surface area contributed by atoms with Crippen molar-refractivity contribution >= 4 is 11.6 Å². The van der Waals surface area contributed by atoms with E-state index in [4.69, 9.17) is 16.3 Å². The quantitative estimate of drug-likeness (QED) is 0.796. The van der Waals surface area contributed by atoms with Gasteiger partial charge < -0.3 is 15.2 Å². The predicted molar refractivity (Wildman–Crippen MR) is 80.0 cm³/mol. The van der Waals surface area contributed by atoms with Crippen LogP contribution in [0.1, 0.15) is 39.2 Å². The van der Waals surface area contributed by atoms with Crippen LogP contribution in [0.15, 0.2) is 12.1 Å². The third kappa shape index (κ3) is 4.29. The Labute approximate surface area is 120 Å². The fourth-order valence-corrected chi connectivity index (χ4v) is 2.58. The molecular weight excluding hydrogens is 262 g/mol. The van der Waals surface area contributed by atoms with Crippen LogP contribution in [-0.2, 0) is 6.54 Å². The minimum absolute atomic E-state index is 0.163. The molecule has 1 unspecified atom stereocenters. The standard InChI is InChI=1S/C15H24ClNO2/c1-5-11(6-2)10(3)17-9-12-7-13(16)8-14(19-4)15(12)18/h7-8,10-11,17-18H,5-6,9H2,1-4H3. The molecule has 0 amide bonds. The van der Waals surface area contributed by atoms with Crippen molar-refractivity contribution in [3.63, 3.8) is 0 Å². The van der Waals surface area contributed by atoms with E-state index in [2.05, 4.69) is 26.1 Å². The Kier molecular flexibility index (Phi) is 6.46. The molecule has 1 aromatic rings. The fourth-order valence-electron chi connectivity index (χ4n) is 2.35. The van der Waals surface area contributed by atoms with Gasteiger partial charge in [-0.3, -0.25) is 0 Å². The highest BCUT2D eigenvalue weighted by Crippen LogP contribution is 2.33. The normalized spacial score (nSPS) is 12.7. The zero-order valence-electron chi connectivity index (χ0n) is 12.2. The third-order valence-corrected chi connectivity index (χ3v) is 3.93. The number of hydrogen-bond donors (Lipinski definition) is 2. The summed E-state index contributed by atoms with van der Waals surface area (Å²) in [5.74, 6) is 1.22. The third-order valence-electron chi connectivity index (χ3n) is 3.71. The summed E-state index contributed by atoms with van der Waals surface area (Å²) in [5, 5.41) is 14.1. The van der Waals surface area contributed by atoms with Crippen molar-refractivity contribution in [1.82, 2.24) is 5.32 Å². The van der Waals surface area contributed by atoms with Gasteiger partial charge in [-0.15, -0.1) is 0 Å². The van der Waals surface area contributed by atoms with Gasteiger partial charge in [0.15, 0.2) is 11.5 Å². The summed E-state index contributed by atoms with van der Waals surface area (Å²) in [5.41, 5.74) is 0.766. The smallest absolute Gasteiger partial charge is 0.162 e. The number of nitrogens with one attached hydrogen (secondary N) is 1. The molecule has 2 N–H and O–H groups in total. The van der Waals surface area contributed by atoms with Crippen molar-refractivity contribution in [3.05, 3.63) is 22.7 Å². The van der Waals surface area contributed by atoms with Crippen molar-refractivity contribution < 1.29 is 9.84 Å². The van der Waals surface area contributed by atoms with Gasteiger partial charge in [-0.1, -0.05) is 38.3 Å². The van der Waals surface area contributed by atoms with Crippen molar-refractivity contribution in [3.8, 4) is 11.5 Å². The van der Waals surface area contributed by atoms with Crippen molar-refractivity contribution in [1.29, 1.82) is 0 Å². The van der Waals surface area contributed by atoms with E-state index in [0.29, 0.717) is 29.3 Å². The lowest BCUT2D eigenvalue weighted by Gasteiger charge is -2.23. The molecule has 0 aliphatic heterocycles. The molecule has 1 rings (SSSR count). The number of halogens is 1. The summed E-state index contributed by atoms with van der Waals surface area (Å²) in [6.07, 6.45) is 2.30. The molecule has 0 aliphatic rings. The van der Waals surface area contributed by atoms with E-state index in [0.717, 1.165) is 18.4 Å². The van der Waals surface area contributed by atoms with Gasteiger partial charge in [0.1, 0.15) is 0 Å². The second kappa shape index (κ2) is 7.61. The van der Waals surface area contributed by atoms with Gasteiger partial charge in [0, 0.05) is 29.2 Å². The number of hydrogen-bond acceptors (Lipinski definition) is 3. The molecule has 1 atom stereocenters. The van der Waals surface area contributed by atoms with Gasteiger partial charge in [-0.2, -0.15) is 0 Å². The van der Waals surface area contributed by atoms with E-state index < -0.39 is 0 Å². The Balaban J connectivity index is 2.75. The van der Waals surface area contributed by atoms with Crippen LogP contribution in [0.2, 0.25) is 5.02 Å². The van der Waals surface area contributed by atoms with E-state index >= 15 is 0 Å². The number of ether oxygens (including phenoxy) is 1. The number of phenols is 1. The molecule has 19 heavy (non-hydrogen) atoms. The van der Waals surface area contributed by atoms with Crippen LogP contribution >= 0.6 is 11.6 Å². The summed E-state index contributed by atoms with van der Waals surface area (Å²) in [6.45, 7) is 7.16. The number of aromatic hydroxyl groups is 1. The maximum absolute atomic E-state index is 10.1. The molecule has 0 spiro atoms. The average molecular weight is 286 g/mol. The largest absolute Gasteiger partial charge is 0.504 e. The van der Waals surface area contributed by atoms with Crippen molar-refractivity contribution in [2.45, 2.75) is 46.2 Å². The second-order valence-electron chi connectivity index (χ2n) is 4.86. The van der Waals surface area contributed by atoms with Gasteiger partial charge in [0.2, 0.25) is 0 Å². The van der Waals surface area contributed by atoms with Crippen LogP contribution in [-0.4, -0.2) is 18.3 Å². The zero-order chi connectivity index (χ0) is 14.4. The molecule has 0 saturated carbocycles. The maximum atomic E-state index is 10.1. The van der Waals surface area contributed by atoms with Crippen molar-refractivity contribution in [2.24, 2.45) is 5.92 Å². The number of benzene rings is 1. The molecule has 4 heteroatoms. The molecule has 0 aliphatic carbocycles. The predicted octanol–water partition coefficient (Wildman–Crippen LogP) is 3.97. The summed E-state index contributed by atoms with van der Waals surface area (Å²) in [7, 11) is 1.52.